The van der Waals surface area contributed by atoms with Crippen molar-refractivity contribution in [2.24, 2.45) is 0 Å². The second-order valence-corrected chi connectivity index (χ2v) is 4.43. The van der Waals surface area contributed by atoms with E-state index in [-0.39, 0.29) is 0 Å². The lowest BCUT2D eigenvalue weighted by atomic mass is 10.1. The molecule has 1 aromatic heterocycles. The molecule has 0 fully saturated rings. The van der Waals surface area contributed by atoms with Gasteiger partial charge in [0.05, 0.1) is 0 Å². The summed E-state index contributed by atoms with van der Waals surface area (Å²) in [5.74, 6) is 0.956. The van der Waals surface area contributed by atoms with Gasteiger partial charge in [0.15, 0.2) is 0 Å². The van der Waals surface area contributed by atoms with Crippen LogP contribution in [-0.2, 0) is 13.0 Å². The zero-order chi connectivity index (χ0) is 13.7. The van der Waals surface area contributed by atoms with Gasteiger partial charge in [-0.2, -0.15) is 0 Å². The summed E-state index contributed by atoms with van der Waals surface area (Å²) < 4.78 is 0. The topological polar surface area (TPSA) is 55.0 Å². The molecule has 2 aromatic rings. The van der Waals surface area contributed by atoms with Gasteiger partial charge in [-0.25, -0.2) is 9.97 Å². The number of para-hydroxylation sites is 1. The lowest BCUT2D eigenvalue weighted by Crippen LogP contribution is -2.23. The van der Waals surface area contributed by atoms with E-state index in [2.05, 4.69) is 34.8 Å². The fraction of sp³-hybridized carbons (Fsp3) is 0.333. The molecule has 2 N–H and O–H groups in total. The minimum absolute atomic E-state index is 0.767. The Labute approximate surface area is 114 Å². The van der Waals surface area contributed by atoms with E-state index in [4.69, 9.17) is 5.73 Å². The molecular weight excluding hydrogens is 236 g/mol. The van der Waals surface area contributed by atoms with Gasteiger partial charge in [-0.05, 0) is 25.0 Å². The highest BCUT2D eigenvalue weighted by Crippen LogP contribution is 2.18. The van der Waals surface area contributed by atoms with Gasteiger partial charge in [0.1, 0.15) is 12.1 Å². The van der Waals surface area contributed by atoms with Crippen molar-refractivity contribution in [3.05, 3.63) is 47.9 Å². The van der Waals surface area contributed by atoms with E-state index in [0.717, 1.165) is 42.3 Å². The molecule has 1 heterocycles. The molecule has 4 nitrogen and oxygen atoms in total. The molecule has 2 rings (SSSR count). The van der Waals surface area contributed by atoms with Crippen LogP contribution in [0.3, 0.4) is 0 Å². The van der Waals surface area contributed by atoms with Crippen LogP contribution in [0.2, 0.25) is 0 Å². The fourth-order valence-corrected chi connectivity index (χ4v) is 1.99. The number of hydrogen-bond acceptors (Lipinski definition) is 4. The summed E-state index contributed by atoms with van der Waals surface area (Å²) in [6, 6.07) is 10.00. The van der Waals surface area contributed by atoms with Crippen LogP contribution in [0.5, 0.6) is 0 Å². The van der Waals surface area contributed by atoms with Crippen LogP contribution in [0.15, 0.2) is 36.7 Å². The number of anilines is 2. The number of aryl methyl sites for hydroxylation is 1. The molecule has 4 heteroatoms. The molecule has 0 aliphatic carbocycles. The SMILES string of the molecule is CCc1cc(N(CC)Cc2ccccc2N)ncn1. The summed E-state index contributed by atoms with van der Waals surface area (Å²) >= 11 is 0. The third-order valence-corrected chi connectivity index (χ3v) is 3.19. The van der Waals surface area contributed by atoms with Gasteiger partial charge in [0.25, 0.3) is 0 Å². The summed E-state index contributed by atoms with van der Waals surface area (Å²) in [5.41, 5.74) is 9.01. The first kappa shape index (κ1) is 13.3. The monoisotopic (exact) mass is 256 g/mol. The first-order chi connectivity index (χ1) is 9.24. The van der Waals surface area contributed by atoms with Crippen molar-refractivity contribution in [3.63, 3.8) is 0 Å². The fourth-order valence-electron chi connectivity index (χ4n) is 1.99. The Balaban J connectivity index is 2.22. The molecular formula is C15H20N4. The molecule has 0 spiro atoms. The van der Waals surface area contributed by atoms with Crippen LogP contribution >= 0.6 is 0 Å². The van der Waals surface area contributed by atoms with E-state index in [0.29, 0.717) is 0 Å². The summed E-state index contributed by atoms with van der Waals surface area (Å²) in [4.78, 5) is 10.8. The van der Waals surface area contributed by atoms with Gasteiger partial charge in [-0.3, -0.25) is 0 Å². The van der Waals surface area contributed by atoms with E-state index >= 15 is 0 Å². The highest BCUT2D eigenvalue weighted by Gasteiger charge is 2.09. The Morgan fingerprint density at radius 2 is 1.95 bits per heavy atom. The van der Waals surface area contributed by atoms with Crippen molar-refractivity contribution >= 4 is 11.5 Å². The summed E-state index contributed by atoms with van der Waals surface area (Å²) in [5, 5.41) is 0. The molecule has 0 radical (unpaired) electrons. The molecule has 0 aliphatic rings. The predicted molar refractivity (Wildman–Crippen MR) is 79.0 cm³/mol. The molecule has 0 amide bonds. The number of aromatic nitrogens is 2. The van der Waals surface area contributed by atoms with Gasteiger partial charge in [0, 0.05) is 30.5 Å². The molecule has 19 heavy (non-hydrogen) atoms. The summed E-state index contributed by atoms with van der Waals surface area (Å²) in [6.07, 6.45) is 2.55. The van der Waals surface area contributed by atoms with Crippen molar-refractivity contribution in [1.82, 2.24) is 9.97 Å². The minimum Gasteiger partial charge on any atom is -0.398 e. The summed E-state index contributed by atoms with van der Waals surface area (Å²) in [6.45, 7) is 5.86. The van der Waals surface area contributed by atoms with Crippen molar-refractivity contribution in [1.29, 1.82) is 0 Å². The van der Waals surface area contributed by atoms with Crippen LogP contribution < -0.4 is 10.6 Å². The van der Waals surface area contributed by atoms with Crippen molar-refractivity contribution in [3.8, 4) is 0 Å². The quantitative estimate of drug-likeness (QED) is 0.836. The lowest BCUT2D eigenvalue weighted by molar-refractivity contribution is 0.806. The molecule has 0 saturated heterocycles. The standard InChI is InChI=1S/C15H20N4/c1-3-13-9-15(18-11-17-13)19(4-2)10-12-7-5-6-8-14(12)16/h5-9,11H,3-4,10,16H2,1-2H3. The Morgan fingerprint density at radius 3 is 2.63 bits per heavy atom. The third kappa shape index (κ3) is 3.22. The number of nitrogens with two attached hydrogens (primary N) is 1. The number of nitrogen functional groups attached to an aromatic ring is 1. The Kier molecular flexibility index (Phi) is 4.34. The van der Waals surface area contributed by atoms with Crippen molar-refractivity contribution in [2.45, 2.75) is 26.8 Å². The zero-order valence-electron chi connectivity index (χ0n) is 11.5. The summed E-state index contributed by atoms with van der Waals surface area (Å²) in [7, 11) is 0. The van der Waals surface area contributed by atoms with E-state index in [1.807, 2.05) is 24.3 Å². The average molecular weight is 256 g/mol. The average Bonchev–Trinajstić information content (AvgIpc) is 2.46. The largest absolute Gasteiger partial charge is 0.398 e. The van der Waals surface area contributed by atoms with Crippen LogP contribution in [-0.4, -0.2) is 16.5 Å². The Bertz CT molecular complexity index is 539. The lowest BCUT2D eigenvalue weighted by Gasteiger charge is -2.23. The number of hydrogen-bond donors (Lipinski definition) is 1. The zero-order valence-corrected chi connectivity index (χ0v) is 11.5. The Hall–Kier alpha value is -2.10. The maximum atomic E-state index is 6.00. The van der Waals surface area contributed by atoms with E-state index in [1.165, 1.54) is 0 Å². The van der Waals surface area contributed by atoms with Gasteiger partial charge in [0.2, 0.25) is 0 Å². The molecule has 0 bridgehead atoms. The maximum Gasteiger partial charge on any atom is 0.132 e. The number of benzene rings is 1. The number of nitrogens with zero attached hydrogens (tertiary/aromatic N) is 3. The molecule has 0 saturated carbocycles. The predicted octanol–water partition coefficient (Wildman–Crippen LogP) is 2.65. The molecule has 0 atom stereocenters. The van der Waals surface area contributed by atoms with Crippen molar-refractivity contribution < 1.29 is 0 Å². The van der Waals surface area contributed by atoms with Gasteiger partial charge in [-0.15, -0.1) is 0 Å². The Morgan fingerprint density at radius 1 is 1.16 bits per heavy atom. The van der Waals surface area contributed by atoms with Crippen LogP contribution in [0, 0.1) is 0 Å². The van der Waals surface area contributed by atoms with Gasteiger partial charge < -0.3 is 10.6 Å². The molecule has 0 unspecified atom stereocenters. The van der Waals surface area contributed by atoms with Crippen molar-refractivity contribution in [2.75, 3.05) is 17.2 Å². The highest BCUT2D eigenvalue weighted by atomic mass is 15.2. The number of rotatable bonds is 5. The highest BCUT2D eigenvalue weighted by molar-refractivity contribution is 5.49. The minimum atomic E-state index is 0.767. The van der Waals surface area contributed by atoms with E-state index < -0.39 is 0 Å². The van der Waals surface area contributed by atoms with Crippen LogP contribution in [0.1, 0.15) is 25.1 Å². The van der Waals surface area contributed by atoms with Gasteiger partial charge >= 0.3 is 0 Å². The first-order valence-electron chi connectivity index (χ1n) is 6.63. The first-order valence-corrected chi connectivity index (χ1v) is 6.63. The van der Waals surface area contributed by atoms with Gasteiger partial charge in [-0.1, -0.05) is 25.1 Å². The molecule has 100 valence electrons. The second-order valence-electron chi connectivity index (χ2n) is 4.43. The third-order valence-electron chi connectivity index (χ3n) is 3.19. The van der Waals surface area contributed by atoms with Crippen LogP contribution in [0.25, 0.3) is 0 Å². The molecule has 1 aromatic carbocycles. The van der Waals surface area contributed by atoms with E-state index in [1.54, 1.807) is 6.33 Å². The van der Waals surface area contributed by atoms with E-state index in [9.17, 15) is 0 Å². The molecule has 0 aliphatic heterocycles. The maximum absolute atomic E-state index is 6.00. The smallest absolute Gasteiger partial charge is 0.132 e. The second kappa shape index (κ2) is 6.18. The van der Waals surface area contributed by atoms with Crippen LogP contribution in [0.4, 0.5) is 11.5 Å². The normalized spacial score (nSPS) is 10.4.